The lowest BCUT2D eigenvalue weighted by atomic mass is 9.75. The van der Waals surface area contributed by atoms with Crippen LogP contribution in [0.25, 0.3) is 0 Å². The number of carbonyl (C=O) groups excluding carboxylic acids is 1. The molecule has 0 aromatic heterocycles. The Kier molecular flexibility index (Phi) is 3.97. The molecule has 0 aromatic rings. The zero-order valence-electron chi connectivity index (χ0n) is 9.66. The largest absolute Gasteiger partial charge is 0.469 e. The summed E-state index contributed by atoms with van der Waals surface area (Å²) >= 11 is 0. The minimum Gasteiger partial charge on any atom is -0.469 e. The van der Waals surface area contributed by atoms with Crippen LogP contribution in [0.15, 0.2) is 0 Å². The average Bonchev–Trinajstić information content (AvgIpc) is 2.19. The van der Waals surface area contributed by atoms with Crippen molar-refractivity contribution in [2.45, 2.75) is 25.1 Å². The van der Waals surface area contributed by atoms with Crippen molar-refractivity contribution in [2.24, 2.45) is 11.1 Å². The van der Waals surface area contributed by atoms with Gasteiger partial charge >= 0.3 is 12.1 Å². The Labute approximate surface area is 102 Å². The molecule has 0 aliphatic carbocycles. The van der Waals surface area contributed by atoms with Gasteiger partial charge in [0.25, 0.3) is 0 Å². The van der Waals surface area contributed by atoms with E-state index in [4.69, 9.17) is 5.73 Å². The summed E-state index contributed by atoms with van der Waals surface area (Å²) in [5, 5.41) is 0. The maximum absolute atomic E-state index is 12.5. The van der Waals surface area contributed by atoms with E-state index in [0.717, 1.165) is 7.11 Å². The molecule has 2 atom stereocenters. The maximum Gasteiger partial charge on any atom is 0.390 e. The Morgan fingerprint density at radius 2 is 2.06 bits per heavy atom. The van der Waals surface area contributed by atoms with Crippen LogP contribution in [-0.4, -0.2) is 45.2 Å². The molecule has 0 bridgehead atoms. The molecule has 2 N–H and O–H groups in total. The summed E-state index contributed by atoms with van der Waals surface area (Å²) in [5.41, 5.74) is 3.49. The van der Waals surface area contributed by atoms with Crippen molar-refractivity contribution in [3.05, 3.63) is 0 Å². The topological polar surface area (TPSA) is 86.5 Å². The predicted octanol–water partition coefficient (Wildman–Crippen LogP) is 0.244. The van der Waals surface area contributed by atoms with Crippen LogP contribution in [-0.2, 0) is 19.4 Å². The van der Waals surface area contributed by atoms with Crippen molar-refractivity contribution in [2.75, 3.05) is 18.6 Å². The quantitative estimate of drug-likeness (QED) is 0.736. The van der Waals surface area contributed by atoms with E-state index in [1.807, 2.05) is 0 Å². The van der Waals surface area contributed by atoms with E-state index in [-0.39, 0.29) is 0 Å². The van der Waals surface area contributed by atoms with Crippen LogP contribution < -0.4 is 5.73 Å². The highest BCUT2D eigenvalue weighted by Gasteiger charge is 2.55. The van der Waals surface area contributed by atoms with Gasteiger partial charge < -0.3 is 10.5 Å². The van der Waals surface area contributed by atoms with Crippen LogP contribution in [0.1, 0.15) is 12.8 Å². The van der Waals surface area contributed by atoms with E-state index in [1.165, 1.54) is 0 Å². The van der Waals surface area contributed by atoms with Gasteiger partial charge in [-0.1, -0.05) is 0 Å². The number of hydrogen-bond acceptors (Lipinski definition) is 5. The van der Waals surface area contributed by atoms with Crippen LogP contribution in [0.5, 0.6) is 0 Å². The molecule has 1 aliphatic rings. The van der Waals surface area contributed by atoms with Crippen molar-refractivity contribution >= 4 is 15.8 Å². The first kappa shape index (κ1) is 15.2. The van der Waals surface area contributed by atoms with Crippen molar-refractivity contribution in [3.8, 4) is 0 Å². The Bertz CT molecular complexity index is 434. The fourth-order valence-corrected chi connectivity index (χ4v) is 3.85. The number of methoxy groups -OCH3 is 1. The summed E-state index contributed by atoms with van der Waals surface area (Å²) in [5.74, 6) is -2.24. The number of rotatable bonds is 2. The van der Waals surface area contributed by atoms with Crippen molar-refractivity contribution in [1.82, 2.24) is 0 Å². The molecule has 0 amide bonds. The van der Waals surface area contributed by atoms with Crippen LogP contribution in [0.3, 0.4) is 0 Å². The molecule has 106 valence electrons. The van der Waals surface area contributed by atoms with Gasteiger partial charge in [-0.25, -0.2) is 8.42 Å². The fourth-order valence-electron chi connectivity index (χ4n) is 2.15. The number of esters is 1. The molecule has 1 fully saturated rings. The smallest absolute Gasteiger partial charge is 0.390 e. The van der Waals surface area contributed by atoms with E-state index >= 15 is 0 Å². The highest BCUT2D eigenvalue weighted by atomic mass is 32.2. The van der Waals surface area contributed by atoms with E-state index < -0.39 is 57.8 Å². The lowest BCUT2D eigenvalue weighted by molar-refractivity contribution is -0.184. The van der Waals surface area contributed by atoms with Gasteiger partial charge in [-0.2, -0.15) is 13.2 Å². The molecule has 9 heteroatoms. The molecule has 0 aromatic carbocycles. The number of hydrogen-bond donors (Lipinski definition) is 1. The third kappa shape index (κ3) is 3.14. The molecule has 1 saturated heterocycles. The van der Waals surface area contributed by atoms with Gasteiger partial charge in [0.05, 0.1) is 30.5 Å². The zero-order valence-corrected chi connectivity index (χ0v) is 10.5. The lowest BCUT2D eigenvalue weighted by Crippen LogP contribution is -2.57. The second-order valence-corrected chi connectivity index (χ2v) is 6.64. The molecule has 0 saturated carbocycles. The standard InChI is InChI=1S/C9H14F3NO4S/c1-17-7(14)8(5-9(10,11)12)2-3-18(15,16)4-6(8)13/h6H,2-5,13H2,1H3. The molecule has 1 heterocycles. The van der Waals surface area contributed by atoms with Crippen LogP contribution in [0.4, 0.5) is 13.2 Å². The van der Waals surface area contributed by atoms with Crippen LogP contribution in [0, 0.1) is 5.41 Å². The number of alkyl halides is 3. The van der Waals surface area contributed by atoms with Crippen LogP contribution in [0.2, 0.25) is 0 Å². The Morgan fingerprint density at radius 1 is 1.50 bits per heavy atom. The molecular weight excluding hydrogens is 275 g/mol. The van der Waals surface area contributed by atoms with Crippen molar-refractivity contribution in [3.63, 3.8) is 0 Å². The van der Waals surface area contributed by atoms with Gasteiger partial charge in [-0.15, -0.1) is 0 Å². The first-order valence-corrected chi connectivity index (χ1v) is 6.96. The maximum atomic E-state index is 12.5. The summed E-state index contributed by atoms with van der Waals surface area (Å²) in [7, 11) is -2.55. The van der Waals surface area contributed by atoms with Crippen molar-refractivity contribution in [1.29, 1.82) is 0 Å². The van der Waals surface area contributed by atoms with Crippen LogP contribution >= 0.6 is 0 Å². The monoisotopic (exact) mass is 289 g/mol. The summed E-state index contributed by atoms with van der Waals surface area (Å²) in [6, 6.07) is -1.41. The second-order valence-electron chi connectivity index (χ2n) is 4.41. The molecule has 2 unspecified atom stereocenters. The third-order valence-corrected chi connectivity index (χ3v) is 4.80. The fraction of sp³-hybridized carbons (Fsp3) is 0.889. The molecule has 5 nitrogen and oxygen atoms in total. The summed E-state index contributed by atoms with van der Waals surface area (Å²) < 4.78 is 64.6. The number of nitrogens with two attached hydrogens (primary N) is 1. The van der Waals surface area contributed by atoms with Crippen molar-refractivity contribution < 1.29 is 31.1 Å². The summed E-state index contributed by atoms with van der Waals surface area (Å²) in [6.45, 7) is 0. The second kappa shape index (κ2) is 4.69. The molecule has 0 spiro atoms. The summed E-state index contributed by atoms with van der Waals surface area (Å²) in [6.07, 6.45) is -6.56. The van der Waals surface area contributed by atoms with Gasteiger partial charge in [-0.05, 0) is 6.42 Å². The molecule has 18 heavy (non-hydrogen) atoms. The van der Waals surface area contributed by atoms with E-state index in [0.29, 0.717) is 0 Å². The molecular formula is C9H14F3NO4S. The minimum atomic E-state index is -4.62. The van der Waals surface area contributed by atoms with Gasteiger partial charge in [-0.3, -0.25) is 4.79 Å². The number of halogens is 3. The number of carbonyl (C=O) groups is 1. The first-order valence-electron chi connectivity index (χ1n) is 5.14. The molecule has 0 radical (unpaired) electrons. The van der Waals surface area contributed by atoms with Gasteiger partial charge in [0, 0.05) is 6.04 Å². The minimum absolute atomic E-state index is 0.470. The predicted molar refractivity (Wildman–Crippen MR) is 56.4 cm³/mol. The lowest BCUT2D eigenvalue weighted by Gasteiger charge is -2.39. The van der Waals surface area contributed by atoms with E-state index in [2.05, 4.69) is 4.74 Å². The zero-order chi connectivity index (χ0) is 14.2. The molecule has 1 aliphatic heterocycles. The highest BCUT2D eigenvalue weighted by Crippen LogP contribution is 2.42. The number of sulfone groups is 1. The van der Waals surface area contributed by atoms with Gasteiger partial charge in [0.2, 0.25) is 0 Å². The SMILES string of the molecule is COC(=O)C1(CC(F)(F)F)CCS(=O)(=O)CC1N. The Morgan fingerprint density at radius 3 is 2.44 bits per heavy atom. The Balaban J connectivity index is 3.11. The number of ether oxygens (including phenoxy) is 1. The molecule has 1 rings (SSSR count). The Hall–Kier alpha value is -0.830. The van der Waals surface area contributed by atoms with E-state index in [9.17, 15) is 26.4 Å². The first-order chi connectivity index (χ1) is 8.02. The van der Waals surface area contributed by atoms with E-state index in [1.54, 1.807) is 0 Å². The normalized spacial score (nSPS) is 31.9. The van der Waals surface area contributed by atoms with Gasteiger partial charge in [0.15, 0.2) is 9.84 Å². The highest BCUT2D eigenvalue weighted by molar-refractivity contribution is 7.91. The average molecular weight is 289 g/mol. The van der Waals surface area contributed by atoms with Gasteiger partial charge in [0.1, 0.15) is 0 Å². The summed E-state index contributed by atoms with van der Waals surface area (Å²) in [4.78, 5) is 11.6. The third-order valence-electron chi connectivity index (χ3n) is 3.11.